The fraction of sp³-hybridized carbons (Fsp3) is 0.375. The molecule has 1 aromatic rings. The standard InChI is InChI=1S/C16H18O/c1-6-14-8-7-9-15(12-14)10-11-16(4,5)17-13(2)3/h1,7-9,12-13H,2-5H3. The van der Waals surface area contributed by atoms with E-state index in [2.05, 4.69) is 17.8 Å². The summed E-state index contributed by atoms with van der Waals surface area (Å²) in [6, 6.07) is 7.65. The van der Waals surface area contributed by atoms with E-state index in [4.69, 9.17) is 11.2 Å². The predicted molar refractivity (Wildman–Crippen MR) is 71.6 cm³/mol. The fourth-order valence-corrected chi connectivity index (χ4v) is 1.53. The van der Waals surface area contributed by atoms with Gasteiger partial charge in [-0.05, 0) is 45.9 Å². The first-order valence-corrected chi connectivity index (χ1v) is 5.70. The van der Waals surface area contributed by atoms with Crippen molar-refractivity contribution in [1.82, 2.24) is 0 Å². The lowest BCUT2D eigenvalue weighted by atomic mass is 10.1. The highest BCUT2D eigenvalue weighted by Gasteiger charge is 2.15. The van der Waals surface area contributed by atoms with Crippen LogP contribution in [0.2, 0.25) is 0 Å². The van der Waals surface area contributed by atoms with Crippen LogP contribution >= 0.6 is 0 Å². The van der Waals surface area contributed by atoms with Gasteiger partial charge in [-0.3, -0.25) is 0 Å². The molecule has 17 heavy (non-hydrogen) atoms. The van der Waals surface area contributed by atoms with Crippen LogP contribution in [0.25, 0.3) is 0 Å². The Balaban J connectivity index is 2.87. The first-order valence-electron chi connectivity index (χ1n) is 5.70. The SMILES string of the molecule is C#Cc1cccc(C#CC(C)(C)OC(C)C)c1. The molecule has 0 atom stereocenters. The monoisotopic (exact) mass is 226 g/mol. The van der Waals surface area contributed by atoms with Crippen molar-refractivity contribution in [3.05, 3.63) is 35.4 Å². The first-order chi connectivity index (χ1) is 7.93. The molecule has 0 radical (unpaired) electrons. The van der Waals surface area contributed by atoms with Crippen LogP contribution in [0.4, 0.5) is 0 Å². The molecule has 0 fully saturated rings. The Kier molecular flexibility index (Phi) is 4.38. The van der Waals surface area contributed by atoms with Gasteiger partial charge in [0.15, 0.2) is 0 Å². The molecule has 1 rings (SSSR count). The van der Waals surface area contributed by atoms with E-state index < -0.39 is 5.60 Å². The third-order valence-electron chi connectivity index (χ3n) is 2.07. The molecule has 0 N–H and O–H groups in total. The largest absolute Gasteiger partial charge is 0.360 e. The van der Waals surface area contributed by atoms with E-state index in [9.17, 15) is 0 Å². The molecule has 0 saturated heterocycles. The van der Waals surface area contributed by atoms with Gasteiger partial charge in [0.05, 0.1) is 6.10 Å². The van der Waals surface area contributed by atoms with Crippen molar-refractivity contribution in [2.75, 3.05) is 0 Å². The van der Waals surface area contributed by atoms with Crippen molar-refractivity contribution < 1.29 is 4.74 Å². The van der Waals surface area contributed by atoms with Crippen molar-refractivity contribution in [1.29, 1.82) is 0 Å². The minimum atomic E-state index is -0.444. The molecule has 0 aromatic heterocycles. The Morgan fingerprint density at radius 2 is 1.88 bits per heavy atom. The molecule has 0 aliphatic rings. The summed E-state index contributed by atoms with van der Waals surface area (Å²) in [4.78, 5) is 0. The minimum absolute atomic E-state index is 0.163. The molecule has 0 heterocycles. The van der Waals surface area contributed by atoms with Gasteiger partial charge in [0.2, 0.25) is 0 Å². The van der Waals surface area contributed by atoms with E-state index in [1.54, 1.807) is 0 Å². The van der Waals surface area contributed by atoms with Crippen molar-refractivity contribution in [2.45, 2.75) is 39.4 Å². The third-order valence-corrected chi connectivity index (χ3v) is 2.07. The smallest absolute Gasteiger partial charge is 0.123 e. The Bertz CT molecular complexity index is 478. The van der Waals surface area contributed by atoms with Crippen LogP contribution < -0.4 is 0 Å². The van der Waals surface area contributed by atoms with Crippen molar-refractivity contribution in [3.8, 4) is 24.2 Å². The van der Waals surface area contributed by atoms with E-state index >= 15 is 0 Å². The number of hydrogen-bond donors (Lipinski definition) is 0. The zero-order chi connectivity index (χ0) is 12.9. The van der Waals surface area contributed by atoms with Gasteiger partial charge in [-0.1, -0.05) is 23.8 Å². The Labute approximate surface area is 104 Å². The van der Waals surface area contributed by atoms with Crippen LogP contribution in [0.5, 0.6) is 0 Å². The lowest BCUT2D eigenvalue weighted by Gasteiger charge is -2.21. The summed E-state index contributed by atoms with van der Waals surface area (Å²) >= 11 is 0. The number of hydrogen-bond acceptors (Lipinski definition) is 1. The van der Waals surface area contributed by atoms with Gasteiger partial charge in [-0.25, -0.2) is 0 Å². The van der Waals surface area contributed by atoms with E-state index in [0.717, 1.165) is 11.1 Å². The van der Waals surface area contributed by atoms with Crippen molar-refractivity contribution in [2.24, 2.45) is 0 Å². The van der Waals surface area contributed by atoms with E-state index in [1.807, 2.05) is 52.0 Å². The van der Waals surface area contributed by atoms with Crippen molar-refractivity contribution >= 4 is 0 Å². The van der Waals surface area contributed by atoms with Gasteiger partial charge in [0.25, 0.3) is 0 Å². The van der Waals surface area contributed by atoms with Gasteiger partial charge < -0.3 is 4.74 Å². The van der Waals surface area contributed by atoms with Gasteiger partial charge in [0.1, 0.15) is 5.60 Å². The van der Waals surface area contributed by atoms with Crippen LogP contribution in [0.15, 0.2) is 24.3 Å². The molecule has 0 bridgehead atoms. The summed E-state index contributed by atoms with van der Waals surface area (Å²) in [6.07, 6.45) is 5.51. The molecule has 0 aliphatic heterocycles. The van der Waals surface area contributed by atoms with E-state index in [-0.39, 0.29) is 6.10 Å². The highest BCUT2D eigenvalue weighted by molar-refractivity contribution is 5.43. The third kappa shape index (κ3) is 4.77. The molecule has 0 aliphatic carbocycles. The topological polar surface area (TPSA) is 9.23 Å². The molecule has 1 heteroatoms. The summed E-state index contributed by atoms with van der Waals surface area (Å²) in [5.41, 5.74) is 1.32. The number of ether oxygens (including phenoxy) is 1. The van der Waals surface area contributed by atoms with Crippen molar-refractivity contribution in [3.63, 3.8) is 0 Å². The quantitative estimate of drug-likeness (QED) is 0.703. The molecule has 0 unspecified atom stereocenters. The molecular weight excluding hydrogens is 208 g/mol. The summed E-state index contributed by atoms with van der Waals surface area (Å²) in [5.74, 6) is 8.81. The Hall–Kier alpha value is -1.70. The molecule has 0 amide bonds. The summed E-state index contributed by atoms with van der Waals surface area (Å²) < 4.78 is 5.70. The fourth-order valence-electron chi connectivity index (χ4n) is 1.53. The van der Waals surface area contributed by atoms with Crippen LogP contribution in [-0.4, -0.2) is 11.7 Å². The Morgan fingerprint density at radius 1 is 1.24 bits per heavy atom. The zero-order valence-electron chi connectivity index (χ0n) is 10.9. The lowest BCUT2D eigenvalue weighted by Crippen LogP contribution is -2.25. The average Bonchev–Trinajstić information content (AvgIpc) is 2.25. The van der Waals surface area contributed by atoms with Gasteiger partial charge in [-0.2, -0.15) is 0 Å². The molecule has 1 nitrogen and oxygen atoms in total. The maximum absolute atomic E-state index is 5.70. The second-order valence-electron chi connectivity index (χ2n) is 4.65. The van der Waals surface area contributed by atoms with Crippen LogP contribution in [0, 0.1) is 24.2 Å². The van der Waals surface area contributed by atoms with Gasteiger partial charge in [0, 0.05) is 11.1 Å². The maximum atomic E-state index is 5.70. The second kappa shape index (κ2) is 5.58. The highest BCUT2D eigenvalue weighted by atomic mass is 16.5. The summed E-state index contributed by atoms with van der Waals surface area (Å²) in [6.45, 7) is 7.93. The molecule has 1 aromatic carbocycles. The molecule has 88 valence electrons. The first kappa shape index (κ1) is 13.4. The predicted octanol–water partition coefficient (Wildman–Crippen LogP) is 3.22. The van der Waals surface area contributed by atoms with E-state index in [0.29, 0.717) is 0 Å². The lowest BCUT2D eigenvalue weighted by molar-refractivity contribution is -0.0161. The number of benzene rings is 1. The normalized spacial score (nSPS) is 10.6. The highest BCUT2D eigenvalue weighted by Crippen LogP contribution is 2.11. The van der Waals surface area contributed by atoms with E-state index in [1.165, 1.54) is 0 Å². The molecule has 0 spiro atoms. The average molecular weight is 226 g/mol. The number of terminal acetylenes is 1. The molecular formula is C16H18O. The Morgan fingerprint density at radius 3 is 2.47 bits per heavy atom. The molecule has 0 saturated carbocycles. The van der Waals surface area contributed by atoms with Crippen LogP contribution in [0.1, 0.15) is 38.8 Å². The van der Waals surface area contributed by atoms with Gasteiger partial charge in [-0.15, -0.1) is 6.42 Å². The number of rotatable bonds is 2. The minimum Gasteiger partial charge on any atom is -0.360 e. The maximum Gasteiger partial charge on any atom is 0.123 e. The second-order valence-corrected chi connectivity index (χ2v) is 4.65. The van der Waals surface area contributed by atoms with Crippen LogP contribution in [-0.2, 0) is 4.74 Å². The van der Waals surface area contributed by atoms with Gasteiger partial charge >= 0.3 is 0 Å². The zero-order valence-corrected chi connectivity index (χ0v) is 10.9. The summed E-state index contributed by atoms with van der Waals surface area (Å²) in [5, 5.41) is 0. The van der Waals surface area contributed by atoms with Crippen LogP contribution in [0.3, 0.4) is 0 Å². The summed E-state index contributed by atoms with van der Waals surface area (Å²) in [7, 11) is 0.